The topological polar surface area (TPSA) is 51.5 Å². The van der Waals surface area contributed by atoms with Crippen molar-refractivity contribution in [2.45, 2.75) is 6.04 Å². The third-order valence-electron chi connectivity index (χ3n) is 4.79. The number of carbonyl (C=O) groups excluding carboxylic acids is 1. The van der Waals surface area contributed by atoms with E-state index in [4.69, 9.17) is 9.15 Å². The number of methoxy groups -OCH3 is 1. The van der Waals surface area contributed by atoms with E-state index < -0.39 is 6.04 Å². The molecular formula is C25H21NO3. The number of ketones is 1. The number of hydrogen-bond acceptors (Lipinski definition) is 4. The van der Waals surface area contributed by atoms with Crippen LogP contribution in [0.2, 0.25) is 0 Å². The van der Waals surface area contributed by atoms with E-state index >= 15 is 0 Å². The summed E-state index contributed by atoms with van der Waals surface area (Å²) in [7, 11) is 1.62. The molecule has 4 aromatic rings. The minimum atomic E-state index is -0.566. The number of carbonyl (C=O) groups is 1. The smallest absolute Gasteiger partial charge is 0.193 e. The maximum atomic E-state index is 13.6. The summed E-state index contributed by atoms with van der Waals surface area (Å²) in [5.41, 5.74) is 3.94. The summed E-state index contributed by atoms with van der Waals surface area (Å²) in [6.07, 6.45) is 3.14. The number of nitrogens with one attached hydrogen (secondary N) is 1. The molecule has 0 aliphatic heterocycles. The first-order chi connectivity index (χ1) is 14.3. The van der Waals surface area contributed by atoms with Crippen LogP contribution in [0.15, 0.2) is 102 Å². The lowest BCUT2D eigenvalue weighted by atomic mass is 9.94. The Morgan fingerprint density at radius 3 is 2.34 bits per heavy atom. The van der Waals surface area contributed by atoms with Gasteiger partial charge in [0.05, 0.1) is 18.9 Å². The van der Waals surface area contributed by atoms with Gasteiger partial charge >= 0.3 is 0 Å². The Morgan fingerprint density at radius 2 is 1.62 bits per heavy atom. The molecule has 0 saturated heterocycles. The van der Waals surface area contributed by atoms with Gasteiger partial charge in [0.15, 0.2) is 5.78 Å². The predicted molar refractivity (Wildman–Crippen MR) is 114 cm³/mol. The molecule has 0 aliphatic rings. The summed E-state index contributed by atoms with van der Waals surface area (Å²) in [5, 5.41) is 3.37. The van der Waals surface area contributed by atoms with Gasteiger partial charge in [-0.1, -0.05) is 66.7 Å². The molecule has 29 heavy (non-hydrogen) atoms. The van der Waals surface area contributed by atoms with E-state index in [1.54, 1.807) is 13.4 Å². The maximum Gasteiger partial charge on any atom is 0.193 e. The van der Waals surface area contributed by atoms with Crippen molar-refractivity contribution in [2.75, 3.05) is 12.4 Å². The van der Waals surface area contributed by atoms with E-state index in [0.717, 1.165) is 28.1 Å². The first-order valence-electron chi connectivity index (χ1n) is 9.37. The number of hydrogen-bond donors (Lipinski definition) is 1. The number of Topliss-reactive ketones (excluding diaryl/α,β-unsaturated/α-hetero) is 1. The Hall–Kier alpha value is -3.79. The van der Waals surface area contributed by atoms with Crippen LogP contribution in [0.5, 0.6) is 5.75 Å². The van der Waals surface area contributed by atoms with Crippen molar-refractivity contribution < 1.29 is 13.9 Å². The number of rotatable bonds is 7. The van der Waals surface area contributed by atoms with Gasteiger partial charge in [0.2, 0.25) is 0 Å². The average molecular weight is 383 g/mol. The second-order valence-electron chi connectivity index (χ2n) is 6.65. The molecule has 1 aromatic heterocycles. The largest absolute Gasteiger partial charge is 0.497 e. The summed E-state index contributed by atoms with van der Waals surface area (Å²) < 4.78 is 10.7. The molecule has 1 heterocycles. The molecule has 0 saturated carbocycles. The zero-order chi connectivity index (χ0) is 20.1. The molecule has 0 radical (unpaired) electrons. The fraction of sp³-hybridized carbons (Fsp3) is 0.0800. The standard InChI is InChI=1S/C25H21NO3/c1-28-21-14-8-13-20(15-21)26-24(19-11-6-3-7-12-19)25(27)23-17-29-16-22(23)18-9-4-2-5-10-18/h2-17,24,26H,1H3. The molecule has 4 rings (SSSR count). The highest BCUT2D eigenvalue weighted by Gasteiger charge is 2.26. The van der Waals surface area contributed by atoms with Gasteiger partial charge < -0.3 is 14.5 Å². The van der Waals surface area contributed by atoms with Crippen molar-refractivity contribution in [2.24, 2.45) is 0 Å². The minimum Gasteiger partial charge on any atom is -0.497 e. The van der Waals surface area contributed by atoms with E-state index in [1.165, 1.54) is 6.26 Å². The molecule has 0 bridgehead atoms. The van der Waals surface area contributed by atoms with Crippen LogP contribution in [0.4, 0.5) is 5.69 Å². The molecule has 144 valence electrons. The lowest BCUT2D eigenvalue weighted by Gasteiger charge is -2.20. The van der Waals surface area contributed by atoms with Crippen LogP contribution in [-0.4, -0.2) is 12.9 Å². The van der Waals surface area contributed by atoms with Gasteiger partial charge in [-0.3, -0.25) is 4.79 Å². The second kappa shape index (κ2) is 8.48. The molecule has 1 unspecified atom stereocenters. The Kier molecular flexibility index (Phi) is 5.43. The molecular weight excluding hydrogens is 362 g/mol. The van der Waals surface area contributed by atoms with Crippen molar-refractivity contribution in [1.29, 1.82) is 0 Å². The first-order valence-corrected chi connectivity index (χ1v) is 9.37. The quantitative estimate of drug-likeness (QED) is 0.398. The summed E-state index contributed by atoms with van der Waals surface area (Å²) in [4.78, 5) is 13.6. The van der Waals surface area contributed by atoms with Gasteiger partial charge in [0, 0.05) is 17.3 Å². The maximum absolute atomic E-state index is 13.6. The molecule has 0 fully saturated rings. The summed E-state index contributed by atoms with van der Waals surface area (Å²) in [6.45, 7) is 0. The number of ether oxygens (including phenoxy) is 1. The first kappa shape index (κ1) is 18.6. The van der Waals surface area contributed by atoms with Crippen LogP contribution in [0.3, 0.4) is 0 Å². The van der Waals surface area contributed by atoms with Crippen LogP contribution in [0, 0.1) is 0 Å². The molecule has 0 aliphatic carbocycles. The molecule has 4 heteroatoms. The monoisotopic (exact) mass is 383 g/mol. The van der Waals surface area contributed by atoms with E-state index in [0.29, 0.717) is 5.56 Å². The van der Waals surface area contributed by atoms with E-state index in [2.05, 4.69) is 5.32 Å². The zero-order valence-electron chi connectivity index (χ0n) is 16.0. The van der Waals surface area contributed by atoms with Gasteiger partial charge in [0.1, 0.15) is 18.1 Å². The molecule has 4 nitrogen and oxygen atoms in total. The Morgan fingerprint density at radius 1 is 0.897 bits per heavy atom. The molecule has 1 atom stereocenters. The van der Waals surface area contributed by atoms with Crippen molar-refractivity contribution in [3.63, 3.8) is 0 Å². The average Bonchev–Trinajstić information content (AvgIpc) is 3.28. The fourth-order valence-corrected chi connectivity index (χ4v) is 3.31. The zero-order valence-corrected chi connectivity index (χ0v) is 16.0. The van der Waals surface area contributed by atoms with E-state index in [-0.39, 0.29) is 5.78 Å². The van der Waals surface area contributed by atoms with Crippen molar-refractivity contribution in [3.8, 4) is 16.9 Å². The SMILES string of the molecule is COc1cccc(NC(C(=O)c2cocc2-c2ccccc2)c2ccccc2)c1. The molecule has 0 spiro atoms. The van der Waals surface area contributed by atoms with Gasteiger partial charge in [-0.25, -0.2) is 0 Å². The van der Waals surface area contributed by atoms with Gasteiger partial charge in [-0.2, -0.15) is 0 Å². The predicted octanol–water partition coefficient (Wildman–Crippen LogP) is 5.99. The van der Waals surface area contributed by atoms with Gasteiger partial charge in [-0.15, -0.1) is 0 Å². The molecule has 1 N–H and O–H groups in total. The van der Waals surface area contributed by atoms with Crippen molar-refractivity contribution in [3.05, 3.63) is 109 Å². The fourth-order valence-electron chi connectivity index (χ4n) is 3.31. The van der Waals surface area contributed by atoms with Crippen molar-refractivity contribution >= 4 is 11.5 Å². The summed E-state index contributed by atoms with van der Waals surface area (Å²) >= 11 is 0. The highest BCUT2D eigenvalue weighted by Crippen LogP contribution is 2.31. The molecule has 3 aromatic carbocycles. The Bertz CT molecular complexity index is 1090. The number of anilines is 1. The molecule has 0 amide bonds. The van der Waals surface area contributed by atoms with Crippen LogP contribution >= 0.6 is 0 Å². The third kappa shape index (κ3) is 4.06. The minimum absolute atomic E-state index is 0.0633. The lowest BCUT2D eigenvalue weighted by molar-refractivity contribution is 0.0969. The summed E-state index contributed by atoms with van der Waals surface area (Å²) in [6, 6.07) is 26.4. The van der Waals surface area contributed by atoms with Gasteiger partial charge in [0.25, 0.3) is 0 Å². The number of benzene rings is 3. The normalized spacial score (nSPS) is 11.6. The second-order valence-corrected chi connectivity index (χ2v) is 6.65. The Labute approximate surface area is 169 Å². The van der Waals surface area contributed by atoms with Gasteiger partial charge in [-0.05, 0) is 23.3 Å². The summed E-state index contributed by atoms with van der Waals surface area (Å²) in [5.74, 6) is 0.661. The van der Waals surface area contributed by atoms with Crippen LogP contribution in [0.1, 0.15) is 22.0 Å². The van der Waals surface area contributed by atoms with Crippen LogP contribution in [-0.2, 0) is 0 Å². The Balaban J connectivity index is 1.72. The third-order valence-corrected chi connectivity index (χ3v) is 4.79. The highest BCUT2D eigenvalue weighted by atomic mass is 16.5. The van der Waals surface area contributed by atoms with E-state index in [1.807, 2.05) is 84.9 Å². The number of furan rings is 1. The van der Waals surface area contributed by atoms with E-state index in [9.17, 15) is 4.79 Å². The highest BCUT2D eigenvalue weighted by molar-refractivity contribution is 6.06. The van der Waals surface area contributed by atoms with Crippen LogP contribution in [0.25, 0.3) is 11.1 Å². The van der Waals surface area contributed by atoms with Crippen LogP contribution < -0.4 is 10.1 Å². The van der Waals surface area contributed by atoms with Crippen molar-refractivity contribution in [1.82, 2.24) is 0 Å². The lowest BCUT2D eigenvalue weighted by Crippen LogP contribution is -2.21.